The van der Waals surface area contributed by atoms with E-state index in [0.717, 1.165) is 60.1 Å². The quantitative estimate of drug-likeness (QED) is 0.651. The monoisotopic (exact) mass is 433 g/mol. The number of carbonyl (C=O) groups excluding carboxylic acids is 2. The van der Waals surface area contributed by atoms with Crippen LogP contribution in [0.5, 0.6) is 0 Å². The molecule has 7 heteroatoms. The Labute approximate surface area is 188 Å². The molecule has 1 fully saturated rings. The van der Waals surface area contributed by atoms with E-state index in [2.05, 4.69) is 35.1 Å². The lowest BCUT2D eigenvalue weighted by Gasteiger charge is -2.28. The van der Waals surface area contributed by atoms with Crippen LogP contribution < -0.4 is 4.90 Å². The number of benzene rings is 1. The third kappa shape index (κ3) is 3.80. The molecule has 1 aliphatic heterocycles. The number of anilines is 1. The molecular weight excluding hydrogens is 402 g/mol. The lowest BCUT2D eigenvalue weighted by atomic mass is 9.76. The molecule has 0 spiro atoms. The fraction of sp³-hybridized carbons (Fsp3) is 0.480. The van der Waals surface area contributed by atoms with E-state index in [1.165, 1.54) is 11.3 Å². The highest BCUT2D eigenvalue weighted by molar-refractivity contribution is 5.98. The van der Waals surface area contributed by atoms with Crippen LogP contribution in [0.1, 0.15) is 50.8 Å². The van der Waals surface area contributed by atoms with E-state index in [4.69, 9.17) is 0 Å². The first-order valence-corrected chi connectivity index (χ1v) is 11.5. The zero-order valence-corrected chi connectivity index (χ0v) is 19.1. The third-order valence-electron chi connectivity index (χ3n) is 7.03. The maximum atomic E-state index is 12.8. The van der Waals surface area contributed by atoms with Gasteiger partial charge in [-0.1, -0.05) is 19.9 Å². The number of amides is 2. The van der Waals surface area contributed by atoms with Gasteiger partial charge in [0.05, 0.1) is 5.69 Å². The topological polar surface area (TPSA) is 85.1 Å². The Kier molecular flexibility index (Phi) is 5.07. The summed E-state index contributed by atoms with van der Waals surface area (Å²) in [5.74, 6) is 0.00329. The highest BCUT2D eigenvalue weighted by Crippen LogP contribution is 2.38. The smallest absolute Gasteiger partial charge is 0.246 e. The van der Waals surface area contributed by atoms with Gasteiger partial charge in [-0.25, -0.2) is 0 Å². The zero-order chi connectivity index (χ0) is 22.5. The second kappa shape index (κ2) is 7.80. The van der Waals surface area contributed by atoms with Crippen LogP contribution in [-0.2, 0) is 22.4 Å². The number of likely N-dealkylation sites (N-methyl/N-ethyl adjacent to an activating group) is 1. The van der Waals surface area contributed by atoms with Crippen LogP contribution in [0, 0.1) is 5.41 Å². The average molecular weight is 434 g/mol. The first kappa shape index (κ1) is 20.8. The van der Waals surface area contributed by atoms with Crippen molar-refractivity contribution >= 4 is 28.4 Å². The van der Waals surface area contributed by atoms with Crippen molar-refractivity contribution < 1.29 is 9.59 Å². The molecule has 0 unspecified atom stereocenters. The van der Waals surface area contributed by atoms with Gasteiger partial charge in [-0.3, -0.25) is 14.7 Å². The summed E-state index contributed by atoms with van der Waals surface area (Å²) < 4.78 is 0. The van der Waals surface area contributed by atoms with Crippen molar-refractivity contribution in [1.82, 2.24) is 20.1 Å². The lowest BCUT2D eigenvalue weighted by Crippen LogP contribution is -2.43. The fourth-order valence-electron chi connectivity index (χ4n) is 4.96. The van der Waals surface area contributed by atoms with Gasteiger partial charge in [0.1, 0.15) is 12.2 Å². The molecule has 5 rings (SSSR count). The van der Waals surface area contributed by atoms with Crippen LogP contribution in [0.15, 0.2) is 24.3 Å². The predicted molar refractivity (Wildman–Crippen MR) is 126 cm³/mol. The number of fused-ring (bicyclic) bond motifs is 2. The Morgan fingerprint density at radius 2 is 2.06 bits per heavy atom. The predicted octanol–water partition coefficient (Wildman–Crippen LogP) is 4.05. The van der Waals surface area contributed by atoms with Crippen LogP contribution in [0.25, 0.3) is 22.3 Å². The molecule has 3 aromatic rings. The van der Waals surface area contributed by atoms with Crippen molar-refractivity contribution in [1.29, 1.82) is 0 Å². The number of carbonyl (C=O) groups is 2. The van der Waals surface area contributed by atoms with Gasteiger partial charge in [0.15, 0.2) is 0 Å². The number of likely N-dealkylation sites (tertiary alicyclic amines) is 1. The summed E-state index contributed by atoms with van der Waals surface area (Å²) in [6.45, 7) is 5.42. The van der Waals surface area contributed by atoms with Gasteiger partial charge in [0.25, 0.3) is 0 Å². The molecule has 3 heterocycles. The highest BCUT2D eigenvalue weighted by atomic mass is 16.2. The number of nitrogens with one attached hydrogen (secondary N) is 2. The molecule has 1 aliphatic carbocycles. The number of H-pyrrole nitrogens is 2. The van der Waals surface area contributed by atoms with Gasteiger partial charge in [0.2, 0.25) is 11.8 Å². The molecule has 0 saturated carbocycles. The van der Waals surface area contributed by atoms with E-state index >= 15 is 0 Å². The average Bonchev–Trinajstić information content (AvgIpc) is 3.36. The summed E-state index contributed by atoms with van der Waals surface area (Å²) in [5.41, 5.74) is 6.65. The zero-order valence-electron chi connectivity index (χ0n) is 19.1. The molecule has 32 heavy (non-hydrogen) atoms. The first-order valence-electron chi connectivity index (χ1n) is 11.5. The number of aromatic amines is 2. The van der Waals surface area contributed by atoms with Gasteiger partial charge in [0, 0.05) is 47.9 Å². The van der Waals surface area contributed by atoms with Crippen molar-refractivity contribution in [2.45, 2.75) is 52.4 Å². The Balaban J connectivity index is 1.37. The molecular formula is C25H31N5O2. The summed E-state index contributed by atoms with van der Waals surface area (Å²) in [7, 11) is 1.77. The number of nitrogens with zero attached hydrogens (tertiary/aromatic N) is 3. The summed E-state index contributed by atoms with van der Waals surface area (Å²) in [4.78, 5) is 31.7. The van der Waals surface area contributed by atoms with Gasteiger partial charge >= 0.3 is 0 Å². The van der Waals surface area contributed by atoms with Crippen molar-refractivity contribution in [3.8, 4) is 11.4 Å². The van der Waals surface area contributed by atoms with E-state index in [0.29, 0.717) is 18.4 Å². The summed E-state index contributed by atoms with van der Waals surface area (Å²) in [5, 5.41) is 8.97. The first-order chi connectivity index (χ1) is 15.3. The van der Waals surface area contributed by atoms with Crippen molar-refractivity contribution in [2.75, 3.05) is 25.0 Å². The molecule has 2 amide bonds. The lowest BCUT2D eigenvalue weighted by molar-refractivity contribution is -0.137. The van der Waals surface area contributed by atoms with Crippen LogP contribution in [-0.4, -0.2) is 52.0 Å². The van der Waals surface area contributed by atoms with E-state index in [1.54, 1.807) is 16.8 Å². The number of piperidine rings is 1. The number of hydrogen-bond donors (Lipinski definition) is 2. The molecule has 2 N–H and O–H groups in total. The second-order valence-electron chi connectivity index (χ2n) is 10.1. The summed E-state index contributed by atoms with van der Waals surface area (Å²) in [6.07, 6.45) is 5.63. The van der Waals surface area contributed by atoms with Gasteiger partial charge in [-0.15, -0.1) is 0 Å². The third-order valence-corrected chi connectivity index (χ3v) is 7.03. The Hall–Kier alpha value is -3.09. The highest BCUT2D eigenvalue weighted by Gasteiger charge is 2.29. The molecule has 7 nitrogen and oxygen atoms in total. The molecule has 0 atom stereocenters. The molecule has 1 aromatic carbocycles. The van der Waals surface area contributed by atoms with Gasteiger partial charge < -0.3 is 14.8 Å². The molecule has 168 valence electrons. The Morgan fingerprint density at radius 3 is 2.88 bits per heavy atom. The van der Waals surface area contributed by atoms with Crippen molar-refractivity contribution in [3.05, 3.63) is 35.5 Å². The number of rotatable bonds is 4. The van der Waals surface area contributed by atoms with Crippen LogP contribution in [0.2, 0.25) is 0 Å². The molecule has 0 bridgehead atoms. The van der Waals surface area contributed by atoms with Crippen molar-refractivity contribution in [2.24, 2.45) is 5.41 Å². The molecule has 1 saturated heterocycles. The van der Waals surface area contributed by atoms with Crippen LogP contribution >= 0.6 is 0 Å². The standard InChI is InChI=1S/C25H31N5O2/c1-25(2)10-9-18-21(14-25)27-28-24(18)20-12-16-7-8-17(13-19(16)26-20)29(3)23(32)15-30-11-5-4-6-22(30)31/h7-8,12-13,26H,4-6,9-11,14-15H2,1-3H3,(H,27,28). The molecule has 2 aromatic heterocycles. The van der Waals surface area contributed by atoms with Gasteiger partial charge in [-0.05, 0) is 55.7 Å². The Morgan fingerprint density at radius 1 is 1.22 bits per heavy atom. The minimum Gasteiger partial charge on any atom is -0.353 e. The normalized spacial score (nSPS) is 18.1. The minimum atomic E-state index is -0.0737. The summed E-state index contributed by atoms with van der Waals surface area (Å²) >= 11 is 0. The molecule has 0 radical (unpaired) electrons. The second-order valence-corrected chi connectivity index (χ2v) is 10.1. The van der Waals surface area contributed by atoms with E-state index in [9.17, 15) is 9.59 Å². The van der Waals surface area contributed by atoms with Crippen molar-refractivity contribution in [3.63, 3.8) is 0 Å². The Bertz CT molecular complexity index is 1190. The van der Waals surface area contributed by atoms with E-state index in [-0.39, 0.29) is 18.4 Å². The largest absolute Gasteiger partial charge is 0.353 e. The van der Waals surface area contributed by atoms with Crippen LogP contribution in [0.3, 0.4) is 0 Å². The number of aromatic nitrogens is 3. The molecule has 2 aliphatic rings. The van der Waals surface area contributed by atoms with Crippen LogP contribution in [0.4, 0.5) is 5.69 Å². The minimum absolute atomic E-state index is 0.0737. The van der Waals surface area contributed by atoms with Gasteiger partial charge in [-0.2, -0.15) is 5.10 Å². The van der Waals surface area contributed by atoms with E-state index < -0.39 is 0 Å². The number of hydrogen-bond acceptors (Lipinski definition) is 3. The maximum Gasteiger partial charge on any atom is 0.246 e. The fourth-order valence-corrected chi connectivity index (χ4v) is 4.96. The SMILES string of the molecule is CN(C(=O)CN1CCCCC1=O)c1ccc2cc(-c3n[nH]c4c3CCC(C)(C)C4)[nH]c2c1. The van der Waals surface area contributed by atoms with E-state index in [1.807, 2.05) is 18.2 Å². The summed E-state index contributed by atoms with van der Waals surface area (Å²) in [6, 6.07) is 8.11. The maximum absolute atomic E-state index is 12.8.